The Morgan fingerprint density at radius 3 is 2.15 bits per heavy atom. The van der Waals surface area contributed by atoms with E-state index in [0.29, 0.717) is 24.3 Å². The van der Waals surface area contributed by atoms with E-state index in [0.717, 1.165) is 0 Å². The minimum atomic E-state index is -5.63. The van der Waals surface area contributed by atoms with E-state index in [4.69, 9.17) is 0 Å². The van der Waals surface area contributed by atoms with Crippen molar-refractivity contribution in [3.63, 3.8) is 0 Å². The van der Waals surface area contributed by atoms with Crippen molar-refractivity contribution in [1.82, 2.24) is 10.2 Å². The molecule has 0 bridgehead atoms. The van der Waals surface area contributed by atoms with Crippen molar-refractivity contribution in [1.29, 1.82) is 0 Å². The molecule has 0 aromatic heterocycles. The molecule has 1 N–H and O–H groups in total. The molecule has 1 aliphatic rings. The summed E-state index contributed by atoms with van der Waals surface area (Å²) in [5.41, 5.74) is 0. The van der Waals surface area contributed by atoms with Crippen LogP contribution in [0, 0.1) is 5.92 Å². The van der Waals surface area contributed by atoms with Crippen LogP contribution in [0.15, 0.2) is 0 Å². The van der Waals surface area contributed by atoms with Gasteiger partial charge in [-0.15, -0.1) is 0 Å². The molecule has 0 aliphatic carbocycles. The van der Waals surface area contributed by atoms with Crippen LogP contribution in [0.4, 0.5) is 26.3 Å². The summed E-state index contributed by atoms with van der Waals surface area (Å²) in [5.74, 6) is -5.86. The summed E-state index contributed by atoms with van der Waals surface area (Å²) in [5, 5.41) is 2.86. The van der Waals surface area contributed by atoms with Gasteiger partial charge in [-0.05, 0) is 26.3 Å². The molecule has 1 heterocycles. The number of nitrogens with one attached hydrogen (secondary N) is 1. The van der Waals surface area contributed by atoms with E-state index in [1.165, 1.54) is 6.92 Å². The lowest BCUT2D eigenvalue weighted by molar-refractivity contribution is -0.278. The molecule has 118 valence electrons. The van der Waals surface area contributed by atoms with Gasteiger partial charge in [-0.2, -0.15) is 26.3 Å². The van der Waals surface area contributed by atoms with Gasteiger partial charge in [-0.1, -0.05) is 0 Å². The second-order valence-electron chi connectivity index (χ2n) is 4.64. The van der Waals surface area contributed by atoms with E-state index in [1.807, 2.05) is 0 Å². The van der Waals surface area contributed by atoms with Crippen LogP contribution in [0.2, 0.25) is 0 Å². The van der Waals surface area contributed by atoms with E-state index in [1.54, 1.807) is 0 Å². The second-order valence-corrected chi connectivity index (χ2v) is 4.64. The molecule has 0 radical (unpaired) electrons. The molecule has 9 heteroatoms. The van der Waals surface area contributed by atoms with E-state index < -0.39 is 30.2 Å². The number of hydrogen-bond acceptors (Lipinski definition) is 2. The average molecular weight is 306 g/mol. The second kappa shape index (κ2) is 6.19. The fourth-order valence-electron chi connectivity index (χ4n) is 2.32. The van der Waals surface area contributed by atoms with Crippen LogP contribution in [0.3, 0.4) is 0 Å². The van der Waals surface area contributed by atoms with Gasteiger partial charge >= 0.3 is 12.4 Å². The minimum absolute atomic E-state index is 0.187. The van der Waals surface area contributed by atoms with Crippen molar-refractivity contribution < 1.29 is 31.1 Å². The maximum atomic E-state index is 12.5. The van der Waals surface area contributed by atoms with Gasteiger partial charge in [0.2, 0.25) is 11.8 Å². The van der Waals surface area contributed by atoms with Gasteiger partial charge in [-0.3, -0.25) is 4.79 Å². The lowest BCUT2D eigenvalue weighted by atomic mass is 10.0. The zero-order valence-corrected chi connectivity index (χ0v) is 10.8. The lowest BCUT2D eigenvalue weighted by Crippen LogP contribution is -2.55. The Bertz CT molecular complexity index is 321. The van der Waals surface area contributed by atoms with Crippen LogP contribution >= 0.6 is 0 Å². The minimum Gasteiger partial charge on any atom is -0.338 e. The number of nitrogens with zero attached hydrogens (tertiary/aromatic N) is 1. The molecule has 1 unspecified atom stereocenters. The van der Waals surface area contributed by atoms with Crippen LogP contribution in [0.25, 0.3) is 0 Å². The van der Waals surface area contributed by atoms with Crippen molar-refractivity contribution in [3.8, 4) is 0 Å². The summed E-state index contributed by atoms with van der Waals surface area (Å²) in [6, 6.07) is -0.631. The largest absolute Gasteiger partial charge is 0.409 e. The van der Waals surface area contributed by atoms with Crippen LogP contribution < -0.4 is 5.32 Å². The van der Waals surface area contributed by atoms with E-state index in [2.05, 4.69) is 5.32 Å². The summed E-state index contributed by atoms with van der Waals surface area (Å²) >= 11 is 0. The van der Waals surface area contributed by atoms with Crippen molar-refractivity contribution in [2.75, 3.05) is 19.6 Å². The van der Waals surface area contributed by atoms with Crippen LogP contribution in [-0.2, 0) is 4.79 Å². The Morgan fingerprint density at radius 2 is 1.80 bits per heavy atom. The number of hydrogen-bond donors (Lipinski definition) is 1. The predicted octanol–water partition coefficient (Wildman–Crippen LogP) is 2.33. The third kappa shape index (κ3) is 4.00. The fourth-order valence-corrected chi connectivity index (χ4v) is 2.32. The monoisotopic (exact) mass is 306 g/mol. The Hall–Kier alpha value is -0.990. The van der Waals surface area contributed by atoms with Gasteiger partial charge in [-0.25, -0.2) is 0 Å². The fraction of sp³-hybridized carbons (Fsp3) is 0.909. The number of amides is 1. The van der Waals surface area contributed by atoms with Crippen molar-refractivity contribution in [2.45, 2.75) is 38.2 Å². The van der Waals surface area contributed by atoms with Gasteiger partial charge < -0.3 is 10.2 Å². The third-order valence-electron chi connectivity index (χ3n) is 3.24. The molecule has 1 saturated heterocycles. The normalized spacial score (nSPS) is 21.1. The Morgan fingerprint density at radius 1 is 1.25 bits per heavy atom. The molecule has 0 spiro atoms. The van der Waals surface area contributed by atoms with E-state index >= 15 is 0 Å². The highest BCUT2D eigenvalue weighted by atomic mass is 19.4. The first-order valence-electron chi connectivity index (χ1n) is 6.23. The molecule has 0 aromatic carbocycles. The Balaban J connectivity index is 2.97. The van der Waals surface area contributed by atoms with Gasteiger partial charge in [0.1, 0.15) is 0 Å². The molecule has 0 aromatic rings. The standard InChI is InChI=1S/C11H16F6N2O/c1-2-19(7-4-3-5-18-6-7)9(20)8(10(12,13)14)11(15,16)17/h7-8,18H,2-6H2,1H3. The molecule has 1 atom stereocenters. The zero-order chi connectivity index (χ0) is 15.6. The molecule has 1 aliphatic heterocycles. The number of carbonyl (C=O) groups is 1. The van der Waals surface area contributed by atoms with Crippen LogP contribution in [0.1, 0.15) is 19.8 Å². The first-order valence-corrected chi connectivity index (χ1v) is 6.23. The molecule has 20 heavy (non-hydrogen) atoms. The van der Waals surface area contributed by atoms with Crippen molar-refractivity contribution >= 4 is 5.91 Å². The van der Waals surface area contributed by atoms with Crippen molar-refractivity contribution in [2.24, 2.45) is 5.92 Å². The highest BCUT2D eigenvalue weighted by Crippen LogP contribution is 2.40. The zero-order valence-electron chi connectivity index (χ0n) is 10.8. The molecule has 3 nitrogen and oxygen atoms in total. The topological polar surface area (TPSA) is 32.3 Å². The maximum absolute atomic E-state index is 12.5. The number of halogens is 6. The van der Waals surface area contributed by atoms with E-state index in [-0.39, 0.29) is 13.1 Å². The molecule has 1 rings (SSSR count). The highest BCUT2D eigenvalue weighted by Gasteiger charge is 2.62. The molecule has 1 amide bonds. The van der Waals surface area contributed by atoms with Crippen LogP contribution in [-0.4, -0.2) is 48.8 Å². The first kappa shape index (κ1) is 17.1. The Kier molecular flexibility index (Phi) is 5.28. The summed E-state index contributed by atoms with van der Waals surface area (Å²) in [4.78, 5) is 12.4. The third-order valence-corrected chi connectivity index (χ3v) is 3.24. The smallest absolute Gasteiger partial charge is 0.338 e. The predicted molar refractivity (Wildman–Crippen MR) is 58.9 cm³/mol. The Labute approximate surface area is 112 Å². The SMILES string of the molecule is CCN(C(=O)C(C(F)(F)F)C(F)(F)F)C1CCCNC1. The van der Waals surface area contributed by atoms with Gasteiger partial charge in [0.25, 0.3) is 0 Å². The number of carbonyl (C=O) groups excluding carboxylic acids is 1. The quantitative estimate of drug-likeness (QED) is 0.812. The molecule has 1 fully saturated rings. The van der Waals surface area contributed by atoms with E-state index in [9.17, 15) is 31.1 Å². The summed E-state index contributed by atoms with van der Waals surface area (Å²) in [6.45, 7) is 2.04. The number of alkyl halides is 6. The number of likely N-dealkylation sites (N-methyl/N-ethyl adjacent to an activating group) is 1. The molecular weight excluding hydrogens is 290 g/mol. The van der Waals surface area contributed by atoms with Crippen LogP contribution in [0.5, 0.6) is 0 Å². The number of rotatable bonds is 3. The first-order chi connectivity index (χ1) is 9.09. The summed E-state index contributed by atoms with van der Waals surface area (Å²) in [7, 11) is 0. The van der Waals surface area contributed by atoms with Gasteiger partial charge in [0, 0.05) is 19.1 Å². The lowest BCUT2D eigenvalue weighted by Gasteiger charge is -2.36. The average Bonchev–Trinajstić information content (AvgIpc) is 2.27. The number of piperidine rings is 1. The van der Waals surface area contributed by atoms with Gasteiger partial charge in [0.05, 0.1) is 0 Å². The molecular formula is C11H16F6N2O. The van der Waals surface area contributed by atoms with Crippen molar-refractivity contribution in [3.05, 3.63) is 0 Å². The molecule has 0 saturated carbocycles. The summed E-state index contributed by atoms with van der Waals surface area (Å²) in [6.07, 6.45) is -10.3. The highest BCUT2D eigenvalue weighted by molar-refractivity contribution is 5.80. The maximum Gasteiger partial charge on any atom is 0.409 e. The summed E-state index contributed by atoms with van der Waals surface area (Å²) < 4.78 is 75.3. The van der Waals surface area contributed by atoms with Gasteiger partial charge in [0.15, 0.2) is 0 Å².